The number of nitrogens with one attached hydrogen (secondary N) is 3. The minimum Gasteiger partial charge on any atom is -0.481 e. The minimum atomic E-state index is -1.08. The van der Waals surface area contributed by atoms with Gasteiger partial charge in [-0.25, -0.2) is 4.79 Å². The van der Waals surface area contributed by atoms with Gasteiger partial charge in [-0.2, -0.15) is 0 Å². The number of hydrogen-bond donors (Lipinski definition) is 4. The molecule has 0 saturated carbocycles. The first-order valence-corrected chi connectivity index (χ1v) is 15.7. The Bertz CT molecular complexity index is 1770. The number of hydrogen-bond acceptors (Lipinski definition) is 5. The summed E-state index contributed by atoms with van der Waals surface area (Å²) in [7, 11) is 0. The van der Waals surface area contributed by atoms with Crippen molar-refractivity contribution in [2.45, 2.75) is 40.2 Å². The van der Waals surface area contributed by atoms with Crippen LogP contribution in [0.3, 0.4) is 0 Å². The summed E-state index contributed by atoms with van der Waals surface area (Å²) in [6, 6.07) is 28.0. The Labute approximate surface area is 279 Å². The molecule has 48 heavy (non-hydrogen) atoms. The van der Waals surface area contributed by atoms with Crippen molar-refractivity contribution < 1.29 is 29.1 Å². The van der Waals surface area contributed by atoms with Crippen LogP contribution in [-0.4, -0.2) is 52.8 Å². The number of amides is 5. The second-order valence-electron chi connectivity index (χ2n) is 10.9. The van der Waals surface area contributed by atoms with Crippen LogP contribution >= 0.6 is 0 Å². The van der Waals surface area contributed by atoms with Crippen LogP contribution in [0, 0.1) is 6.92 Å². The van der Waals surface area contributed by atoms with E-state index in [0.29, 0.717) is 28.3 Å². The Kier molecular flexibility index (Phi) is 12.0. The summed E-state index contributed by atoms with van der Waals surface area (Å²) in [5, 5.41) is 17.6. The molecule has 0 atom stereocenters. The molecule has 5 amide bonds. The fraction of sp³-hybridized carbons (Fsp3) is 0.216. The molecule has 0 radical (unpaired) electrons. The number of carboxylic acids is 1. The second-order valence-corrected chi connectivity index (χ2v) is 10.9. The number of carbonyl (C=O) groups is 5. The number of rotatable bonds is 10. The fourth-order valence-electron chi connectivity index (χ4n) is 5.09. The van der Waals surface area contributed by atoms with Crippen molar-refractivity contribution in [1.29, 1.82) is 0 Å². The maximum atomic E-state index is 13.6. The Morgan fingerprint density at radius 2 is 1.44 bits per heavy atom. The normalized spacial score (nSPS) is 12.2. The molecule has 1 aliphatic rings. The Hall–Kier alpha value is -5.97. The molecule has 0 fully saturated rings. The third-order valence-corrected chi connectivity index (χ3v) is 7.46. The number of urea groups is 1. The molecule has 11 nitrogen and oxygen atoms in total. The number of nitrogens with zero attached hydrogens (tertiary/aromatic N) is 2. The van der Waals surface area contributed by atoms with Gasteiger partial charge >= 0.3 is 12.0 Å². The molecule has 11 heteroatoms. The molecule has 1 heterocycles. The number of para-hydroxylation sites is 1. The van der Waals surface area contributed by atoms with Crippen molar-refractivity contribution in [3.05, 3.63) is 119 Å². The van der Waals surface area contributed by atoms with Gasteiger partial charge in [-0.05, 0) is 60.0 Å². The number of anilines is 4. The van der Waals surface area contributed by atoms with Crippen LogP contribution in [0.4, 0.5) is 27.5 Å². The molecule has 0 unspecified atom stereocenters. The Morgan fingerprint density at radius 3 is 2.12 bits per heavy atom. The lowest BCUT2D eigenvalue weighted by molar-refractivity contribution is -0.137. The highest BCUT2D eigenvalue weighted by Gasteiger charge is 2.32. The highest BCUT2D eigenvalue weighted by molar-refractivity contribution is 6.10. The van der Waals surface area contributed by atoms with E-state index in [9.17, 15) is 29.1 Å². The average molecular weight is 650 g/mol. The molecule has 248 valence electrons. The largest absolute Gasteiger partial charge is 0.481 e. The van der Waals surface area contributed by atoms with Gasteiger partial charge in [0.15, 0.2) is 0 Å². The third kappa shape index (κ3) is 9.29. The average Bonchev–Trinajstić information content (AvgIpc) is 3.17. The monoisotopic (exact) mass is 649 g/mol. The number of aryl methyl sites for hydroxylation is 1. The number of aliphatic carboxylic acids is 1. The van der Waals surface area contributed by atoms with Gasteiger partial charge in [0.25, 0.3) is 5.91 Å². The second kappa shape index (κ2) is 16.5. The van der Waals surface area contributed by atoms with E-state index in [2.05, 4.69) is 16.0 Å². The first-order chi connectivity index (χ1) is 23.2. The van der Waals surface area contributed by atoms with E-state index in [1.165, 1.54) is 15.9 Å². The summed E-state index contributed by atoms with van der Waals surface area (Å²) in [4.78, 5) is 66.2. The lowest BCUT2D eigenvalue weighted by Crippen LogP contribution is -2.40. The predicted molar refractivity (Wildman–Crippen MR) is 186 cm³/mol. The van der Waals surface area contributed by atoms with Gasteiger partial charge in [0.2, 0.25) is 11.8 Å². The van der Waals surface area contributed by atoms with Gasteiger partial charge in [0, 0.05) is 23.6 Å². The molecule has 1 aliphatic heterocycles. The summed E-state index contributed by atoms with van der Waals surface area (Å²) in [5.41, 5.74) is 4.68. The summed E-state index contributed by atoms with van der Waals surface area (Å²) >= 11 is 0. The molecule has 0 spiro atoms. The van der Waals surface area contributed by atoms with Gasteiger partial charge in [0.05, 0.1) is 30.6 Å². The number of benzene rings is 4. The molecule has 0 aliphatic carbocycles. The molecule has 0 aromatic heterocycles. The Morgan fingerprint density at radius 1 is 0.771 bits per heavy atom. The lowest BCUT2D eigenvalue weighted by atomic mass is 10.1. The van der Waals surface area contributed by atoms with Gasteiger partial charge in [-0.1, -0.05) is 74.5 Å². The van der Waals surface area contributed by atoms with E-state index in [1.54, 1.807) is 36.4 Å². The lowest BCUT2D eigenvalue weighted by Gasteiger charge is -2.23. The minimum absolute atomic E-state index is 0.0318. The van der Waals surface area contributed by atoms with E-state index >= 15 is 0 Å². The maximum Gasteiger partial charge on any atom is 0.323 e. The van der Waals surface area contributed by atoms with Gasteiger partial charge < -0.3 is 30.9 Å². The number of carbonyl (C=O) groups excluding carboxylic acids is 4. The van der Waals surface area contributed by atoms with E-state index in [0.717, 1.165) is 11.1 Å². The van der Waals surface area contributed by atoms with Crippen molar-refractivity contribution in [2.75, 3.05) is 33.9 Å². The van der Waals surface area contributed by atoms with E-state index < -0.39 is 11.9 Å². The van der Waals surface area contributed by atoms with Crippen LogP contribution in [0.2, 0.25) is 0 Å². The molecular weight excluding hydrogens is 610 g/mol. The van der Waals surface area contributed by atoms with Crippen molar-refractivity contribution in [3.8, 4) is 0 Å². The van der Waals surface area contributed by atoms with Crippen LogP contribution in [0.5, 0.6) is 0 Å². The van der Waals surface area contributed by atoms with Crippen LogP contribution < -0.4 is 20.9 Å². The molecule has 0 bridgehead atoms. The first kappa shape index (κ1) is 34.9. The zero-order valence-corrected chi connectivity index (χ0v) is 27.2. The molecule has 4 aromatic rings. The van der Waals surface area contributed by atoms with E-state index in [4.69, 9.17) is 0 Å². The van der Waals surface area contributed by atoms with Crippen molar-refractivity contribution in [1.82, 2.24) is 4.90 Å². The van der Waals surface area contributed by atoms with Crippen LogP contribution in [0.15, 0.2) is 97.1 Å². The number of fused-ring (bicyclic) bond motifs is 1. The summed E-state index contributed by atoms with van der Waals surface area (Å²) in [5.74, 6) is -2.25. The van der Waals surface area contributed by atoms with Gasteiger partial charge in [-0.15, -0.1) is 0 Å². The maximum absolute atomic E-state index is 13.6. The topological polar surface area (TPSA) is 148 Å². The van der Waals surface area contributed by atoms with Crippen molar-refractivity contribution in [2.24, 2.45) is 0 Å². The smallest absolute Gasteiger partial charge is 0.323 e. The summed E-state index contributed by atoms with van der Waals surface area (Å²) in [6.45, 7) is 5.72. The van der Waals surface area contributed by atoms with Crippen molar-refractivity contribution >= 4 is 52.5 Å². The predicted octanol–water partition coefficient (Wildman–Crippen LogP) is 6.31. The zero-order chi connectivity index (χ0) is 34.6. The first-order valence-electron chi connectivity index (χ1n) is 15.7. The molecule has 5 rings (SSSR count). The molecular formula is C37H39N5O6. The van der Waals surface area contributed by atoms with E-state index in [1.807, 2.05) is 75.4 Å². The van der Waals surface area contributed by atoms with Crippen LogP contribution in [-0.2, 0) is 27.3 Å². The zero-order valence-electron chi connectivity index (χ0n) is 27.2. The fourth-order valence-corrected chi connectivity index (χ4v) is 5.09. The van der Waals surface area contributed by atoms with Crippen molar-refractivity contribution in [3.63, 3.8) is 0 Å². The summed E-state index contributed by atoms with van der Waals surface area (Å²) in [6.07, 6.45) is -0.279. The highest BCUT2D eigenvalue weighted by Crippen LogP contribution is 2.30. The van der Waals surface area contributed by atoms with E-state index in [-0.39, 0.29) is 55.9 Å². The SMILES string of the molecule is CC.Cc1ccccc1NC(=O)Nc1ccc(CC(=O)Nc2ccc3c(c2)C(=O)N(CCC(=O)O)CC(=O)N3Cc2ccccc2)cc1. The van der Waals surface area contributed by atoms with Crippen LogP contribution in [0.1, 0.15) is 47.3 Å². The third-order valence-electron chi connectivity index (χ3n) is 7.46. The molecule has 0 saturated heterocycles. The Balaban J connectivity index is 0.00000255. The van der Waals surface area contributed by atoms with Gasteiger partial charge in [-0.3, -0.25) is 19.2 Å². The van der Waals surface area contributed by atoms with Gasteiger partial charge in [0.1, 0.15) is 6.54 Å². The molecule has 4 N–H and O–H groups in total. The molecule has 4 aromatic carbocycles. The van der Waals surface area contributed by atoms with Crippen LogP contribution in [0.25, 0.3) is 0 Å². The highest BCUT2D eigenvalue weighted by atomic mass is 16.4. The summed E-state index contributed by atoms with van der Waals surface area (Å²) < 4.78 is 0. The standard InChI is InChI=1S/C35H33N5O6.C2H6/c1-23-7-5-6-10-29(23)38-35(46)37-26-13-11-24(12-14-26)19-31(41)36-27-15-16-30-28(20-27)34(45)39(18-17-33(43)44)22-32(42)40(30)21-25-8-3-2-4-9-25;1-2/h2-16,20H,17-19,21-22H2,1H3,(H,36,41)(H,43,44)(H2,37,38,46);1-2H3. The quantitative estimate of drug-likeness (QED) is 0.158. The number of carboxylic acid groups (broad SMARTS) is 1.